The van der Waals surface area contributed by atoms with Crippen LogP contribution >= 0.6 is 28.3 Å². The standard InChI is InChI=1S/C17H23BrF2N2.ClH/c1-2-3-4-5-6-15(22-11-9-21-10-12-22)16-14(19)8-7-13(18)17(16)20;/h2,7-8,15,21H,1,3-6,9-12H2;1H/t15-;/m1./s1. The van der Waals surface area contributed by atoms with E-state index in [4.69, 9.17) is 0 Å². The molecule has 1 atom stereocenters. The van der Waals surface area contributed by atoms with Crippen LogP contribution in [0.1, 0.15) is 37.3 Å². The van der Waals surface area contributed by atoms with E-state index in [-0.39, 0.29) is 24.0 Å². The Morgan fingerprint density at radius 3 is 2.61 bits per heavy atom. The summed E-state index contributed by atoms with van der Waals surface area (Å²) < 4.78 is 29.1. The molecule has 1 aromatic rings. The lowest BCUT2D eigenvalue weighted by atomic mass is 9.97. The summed E-state index contributed by atoms with van der Waals surface area (Å²) in [5.74, 6) is -0.916. The van der Waals surface area contributed by atoms with Gasteiger partial charge in [0.1, 0.15) is 11.6 Å². The van der Waals surface area contributed by atoms with E-state index in [9.17, 15) is 8.78 Å². The van der Waals surface area contributed by atoms with Crippen LogP contribution < -0.4 is 5.32 Å². The average Bonchev–Trinajstić information content (AvgIpc) is 2.54. The van der Waals surface area contributed by atoms with Gasteiger partial charge in [-0.1, -0.05) is 12.5 Å². The molecule has 0 aliphatic carbocycles. The summed E-state index contributed by atoms with van der Waals surface area (Å²) in [6.07, 6.45) is 5.53. The molecule has 23 heavy (non-hydrogen) atoms. The van der Waals surface area contributed by atoms with E-state index in [2.05, 4.69) is 32.7 Å². The van der Waals surface area contributed by atoms with Gasteiger partial charge < -0.3 is 5.32 Å². The number of hydrogen-bond acceptors (Lipinski definition) is 2. The molecular weight excluding hydrogens is 386 g/mol. The minimum Gasteiger partial charge on any atom is -0.314 e. The normalized spacial score (nSPS) is 16.7. The van der Waals surface area contributed by atoms with E-state index < -0.39 is 11.6 Å². The Kier molecular flexibility index (Phi) is 9.29. The fourth-order valence-corrected chi connectivity index (χ4v) is 3.32. The highest BCUT2D eigenvalue weighted by Crippen LogP contribution is 2.33. The van der Waals surface area contributed by atoms with E-state index in [1.807, 2.05) is 6.08 Å². The highest BCUT2D eigenvalue weighted by molar-refractivity contribution is 9.10. The molecule has 1 N–H and O–H groups in total. The third-order valence-corrected chi connectivity index (χ3v) is 4.75. The first-order valence-electron chi connectivity index (χ1n) is 7.84. The number of rotatable bonds is 7. The van der Waals surface area contributed by atoms with Gasteiger partial charge in [-0.05, 0) is 47.3 Å². The lowest BCUT2D eigenvalue weighted by molar-refractivity contribution is 0.156. The van der Waals surface area contributed by atoms with E-state index >= 15 is 0 Å². The first-order valence-corrected chi connectivity index (χ1v) is 8.63. The number of nitrogens with zero attached hydrogens (tertiary/aromatic N) is 1. The second kappa shape index (κ2) is 10.4. The molecule has 6 heteroatoms. The smallest absolute Gasteiger partial charge is 0.145 e. The van der Waals surface area contributed by atoms with Crippen molar-refractivity contribution in [1.82, 2.24) is 10.2 Å². The Balaban J connectivity index is 0.00000264. The fourth-order valence-electron chi connectivity index (χ4n) is 2.98. The van der Waals surface area contributed by atoms with Gasteiger partial charge in [0.2, 0.25) is 0 Å². The molecule has 2 nitrogen and oxygen atoms in total. The first kappa shape index (κ1) is 20.6. The number of unbranched alkanes of at least 4 members (excludes halogenated alkanes) is 2. The molecule has 2 rings (SSSR count). The van der Waals surface area contributed by atoms with Gasteiger partial charge in [-0.3, -0.25) is 4.90 Å². The van der Waals surface area contributed by atoms with Crippen molar-refractivity contribution in [2.45, 2.75) is 31.7 Å². The van der Waals surface area contributed by atoms with Crippen LogP contribution in [0.4, 0.5) is 8.78 Å². The van der Waals surface area contributed by atoms with Crippen molar-refractivity contribution in [3.8, 4) is 0 Å². The molecule has 1 heterocycles. The Morgan fingerprint density at radius 1 is 1.26 bits per heavy atom. The van der Waals surface area contributed by atoms with E-state index in [0.717, 1.165) is 51.9 Å². The fraction of sp³-hybridized carbons (Fsp3) is 0.529. The second-order valence-electron chi connectivity index (χ2n) is 5.63. The molecule has 0 bridgehead atoms. The Morgan fingerprint density at radius 2 is 1.96 bits per heavy atom. The Hall–Kier alpha value is -0.490. The summed E-state index contributed by atoms with van der Waals surface area (Å²) in [6, 6.07) is 2.58. The summed E-state index contributed by atoms with van der Waals surface area (Å²) >= 11 is 3.18. The lowest BCUT2D eigenvalue weighted by Gasteiger charge is -2.35. The summed E-state index contributed by atoms with van der Waals surface area (Å²) in [4.78, 5) is 2.19. The quantitative estimate of drug-likeness (QED) is 0.394. The van der Waals surface area contributed by atoms with Gasteiger partial charge in [-0.25, -0.2) is 8.78 Å². The van der Waals surface area contributed by atoms with Crippen molar-refractivity contribution in [2.75, 3.05) is 26.2 Å². The molecule has 1 saturated heterocycles. The summed E-state index contributed by atoms with van der Waals surface area (Å²) in [7, 11) is 0. The van der Waals surface area contributed by atoms with Gasteiger partial charge in [0.15, 0.2) is 0 Å². The lowest BCUT2D eigenvalue weighted by Crippen LogP contribution is -2.45. The summed E-state index contributed by atoms with van der Waals surface area (Å²) in [6.45, 7) is 7.08. The van der Waals surface area contributed by atoms with Crippen LogP contribution in [0, 0.1) is 11.6 Å². The zero-order chi connectivity index (χ0) is 15.9. The van der Waals surface area contributed by atoms with Crippen LogP contribution in [0.3, 0.4) is 0 Å². The summed E-state index contributed by atoms with van der Waals surface area (Å²) in [5.41, 5.74) is 0.204. The Bertz CT molecular complexity index is 508. The molecule has 0 unspecified atom stereocenters. The molecule has 0 spiro atoms. The minimum atomic E-state index is -0.466. The van der Waals surface area contributed by atoms with Gasteiger partial charge in [-0.2, -0.15) is 0 Å². The van der Waals surface area contributed by atoms with Crippen LogP contribution in [0.25, 0.3) is 0 Å². The highest BCUT2D eigenvalue weighted by atomic mass is 79.9. The van der Waals surface area contributed by atoms with Gasteiger partial charge in [0.25, 0.3) is 0 Å². The predicted octanol–water partition coefficient (Wildman–Crippen LogP) is 4.84. The number of halogens is 4. The van der Waals surface area contributed by atoms with Crippen molar-refractivity contribution < 1.29 is 8.78 Å². The maximum absolute atomic E-state index is 14.5. The molecule has 0 saturated carbocycles. The van der Waals surface area contributed by atoms with Gasteiger partial charge in [0.05, 0.1) is 4.47 Å². The monoisotopic (exact) mass is 408 g/mol. The number of benzene rings is 1. The molecule has 1 aliphatic rings. The van der Waals surface area contributed by atoms with E-state index in [1.54, 1.807) is 0 Å². The zero-order valence-corrected chi connectivity index (χ0v) is 15.6. The van der Waals surface area contributed by atoms with Crippen LogP contribution in [0.15, 0.2) is 29.3 Å². The van der Waals surface area contributed by atoms with Gasteiger partial charge in [-0.15, -0.1) is 19.0 Å². The number of allylic oxidation sites excluding steroid dienone is 1. The van der Waals surface area contributed by atoms with Crippen LogP contribution in [-0.2, 0) is 0 Å². The second-order valence-corrected chi connectivity index (χ2v) is 6.49. The number of piperazine rings is 1. The third-order valence-electron chi connectivity index (χ3n) is 4.14. The molecule has 1 aliphatic heterocycles. The zero-order valence-electron chi connectivity index (χ0n) is 13.2. The molecule has 1 aromatic carbocycles. The minimum absolute atomic E-state index is 0. The van der Waals surface area contributed by atoms with Gasteiger partial charge >= 0.3 is 0 Å². The highest BCUT2D eigenvalue weighted by Gasteiger charge is 2.28. The Labute approximate surface area is 151 Å². The molecule has 1 fully saturated rings. The van der Waals surface area contributed by atoms with Crippen LogP contribution in [0.2, 0.25) is 0 Å². The largest absolute Gasteiger partial charge is 0.314 e. The predicted molar refractivity (Wildman–Crippen MR) is 97.2 cm³/mol. The molecule has 0 radical (unpaired) electrons. The topological polar surface area (TPSA) is 15.3 Å². The third kappa shape index (κ3) is 5.52. The maximum Gasteiger partial charge on any atom is 0.145 e. The molecule has 0 amide bonds. The molecule has 130 valence electrons. The number of nitrogens with one attached hydrogen (secondary N) is 1. The van der Waals surface area contributed by atoms with E-state index in [1.165, 1.54) is 12.1 Å². The SMILES string of the molecule is C=CCCCC[C@H](c1c(F)ccc(Br)c1F)N1CCNCC1.Cl. The van der Waals surface area contributed by atoms with Crippen molar-refractivity contribution in [3.63, 3.8) is 0 Å². The van der Waals surface area contributed by atoms with Crippen molar-refractivity contribution in [3.05, 3.63) is 46.5 Å². The van der Waals surface area contributed by atoms with E-state index in [0.29, 0.717) is 4.47 Å². The molecular formula is C17H24BrClF2N2. The molecule has 0 aromatic heterocycles. The maximum atomic E-state index is 14.5. The van der Waals surface area contributed by atoms with Gasteiger partial charge in [0, 0.05) is 37.8 Å². The first-order chi connectivity index (χ1) is 10.6. The summed E-state index contributed by atoms with van der Waals surface area (Å²) in [5, 5.41) is 3.29. The van der Waals surface area contributed by atoms with Crippen LogP contribution in [0.5, 0.6) is 0 Å². The van der Waals surface area contributed by atoms with Crippen molar-refractivity contribution >= 4 is 28.3 Å². The van der Waals surface area contributed by atoms with Crippen LogP contribution in [-0.4, -0.2) is 31.1 Å². The average molecular weight is 410 g/mol. The van der Waals surface area contributed by atoms with Crippen molar-refractivity contribution in [1.29, 1.82) is 0 Å². The number of hydrogen-bond donors (Lipinski definition) is 1. The van der Waals surface area contributed by atoms with Crippen molar-refractivity contribution in [2.24, 2.45) is 0 Å².